The summed E-state index contributed by atoms with van der Waals surface area (Å²) in [6.45, 7) is 1.84. The topological polar surface area (TPSA) is 99.7 Å². The van der Waals surface area contributed by atoms with Gasteiger partial charge in [-0.15, -0.1) is 0 Å². The van der Waals surface area contributed by atoms with Crippen LogP contribution in [-0.2, 0) is 17.2 Å². The number of aromatic nitrogens is 1. The van der Waals surface area contributed by atoms with Gasteiger partial charge in [0.1, 0.15) is 12.6 Å². The molecule has 0 aliphatic rings. The first-order valence-electron chi connectivity index (χ1n) is 9.30. The highest BCUT2D eigenvalue weighted by Gasteiger charge is 2.07. The summed E-state index contributed by atoms with van der Waals surface area (Å²) >= 11 is 0. The lowest BCUT2D eigenvalue weighted by Crippen LogP contribution is -2.29. The van der Waals surface area contributed by atoms with Gasteiger partial charge < -0.3 is 0 Å². The van der Waals surface area contributed by atoms with E-state index >= 15 is 0 Å². The number of aryl methyl sites for hydroxylation is 2. The Kier molecular flexibility index (Phi) is 8.80. The van der Waals surface area contributed by atoms with E-state index in [1.165, 1.54) is 12.1 Å². The van der Waals surface area contributed by atoms with E-state index in [1.54, 1.807) is 36.7 Å². The number of hydrogen-bond acceptors (Lipinski definition) is 4. The third-order valence-electron chi connectivity index (χ3n) is 3.94. The highest BCUT2D eigenvalue weighted by Crippen LogP contribution is 2.08. The zero-order valence-corrected chi connectivity index (χ0v) is 18.0. The molecule has 8 heteroatoms. The molecule has 3 aromatic rings. The number of carbonyl (C=O) groups is 1. The van der Waals surface area contributed by atoms with Gasteiger partial charge in [-0.05, 0) is 36.8 Å². The molecular formula is C23H24N3O4S+. The smallest absolute Gasteiger partial charge is 0.282 e. The Hall–Kier alpha value is -3.62. The van der Waals surface area contributed by atoms with Crippen molar-refractivity contribution >= 4 is 28.3 Å². The van der Waals surface area contributed by atoms with Crippen molar-refractivity contribution in [2.45, 2.75) is 11.8 Å². The first-order valence-corrected chi connectivity index (χ1v) is 10.7. The van der Waals surface area contributed by atoms with Crippen LogP contribution in [0.3, 0.4) is 0 Å². The third kappa shape index (κ3) is 8.73. The molecule has 1 heterocycles. The lowest BCUT2D eigenvalue weighted by atomic mass is 10.2. The number of pyridine rings is 1. The second-order valence-corrected chi connectivity index (χ2v) is 7.96. The Bertz CT molecular complexity index is 1160. The molecule has 2 N–H and O–H groups in total. The molecule has 0 radical (unpaired) electrons. The van der Waals surface area contributed by atoms with Crippen molar-refractivity contribution in [2.24, 2.45) is 12.1 Å². The van der Waals surface area contributed by atoms with E-state index in [-0.39, 0.29) is 10.8 Å². The highest BCUT2D eigenvalue weighted by molar-refractivity contribution is 7.85. The molecule has 31 heavy (non-hydrogen) atoms. The van der Waals surface area contributed by atoms with Crippen LogP contribution in [0.25, 0.3) is 6.08 Å². The van der Waals surface area contributed by atoms with Crippen molar-refractivity contribution < 1.29 is 22.3 Å². The number of nitrogens with one attached hydrogen (secondary N) is 1. The monoisotopic (exact) mass is 438 g/mol. The van der Waals surface area contributed by atoms with Crippen LogP contribution in [0.4, 0.5) is 0 Å². The van der Waals surface area contributed by atoms with Crippen molar-refractivity contribution in [1.82, 2.24) is 5.43 Å². The van der Waals surface area contributed by atoms with Crippen LogP contribution in [0.2, 0.25) is 0 Å². The number of benzene rings is 2. The minimum Gasteiger partial charge on any atom is -0.282 e. The lowest BCUT2D eigenvalue weighted by Gasteiger charge is -1.96. The molecule has 0 bridgehead atoms. The summed E-state index contributed by atoms with van der Waals surface area (Å²) in [5.74, 6) is -0.231. The van der Waals surface area contributed by atoms with Crippen LogP contribution in [0.15, 0.2) is 95.2 Å². The van der Waals surface area contributed by atoms with Gasteiger partial charge in [-0.1, -0.05) is 54.1 Å². The third-order valence-corrected chi connectivity index (χ3v) is 4.80. The first-order chi connectivity index (χ1) is 14.8. The van der Waals surface area contributed by atoms with Gasteiger partial charge in [0, 0.05) is 12.3 Å². The normalized spacial score (nSPS) is 11.2. The number of allylic oxidation sites excluding steroid dienone is 1. The largest absolute Gasteiger partial charge is 0.294 e. The summed E-state index contributed by atoms with van der Waals surface area (Å²) in [6.07, 6.45) is 8.85. The molecule has 0 saturated carbocycles. The van der Waals surface area contributed by atoms with Crippen LogP contribution in [0, 0.1) is 6.92 Å². The molecule has 0 fully saturated rings. The first kappa shape index (κ1) is 23.7. The number of rotatable bonds is 5. The quantitative estimate of drug-likeness (QED) is 0.277. The maximum atomic E-state index is 11.8. The Morgan fingerprint density at radius 2 is 1.71 bits per heavy atom. The molecule has 160 valence electrons. The van der Waals surface area contributed by atoms with Gasteiger partial charge in [0.2, 0.25) is 0 Å². The maximum absolute atomic E-state index is 11.8. The van der Waals surface area contributed by atoms with Crippen LogP contribution in [0.5, 0.6) is 0 Å². The second-order valence-electron chi connectivity index (χ2n) is 6.54. The number of hydrazone groups is 1. The fourth-order valence-electron chi connectivity index (χ4n) is 2.35. The maximum Gasteiger partial charge on any atom is 0.294 e. The average Bonchev–Trinajstić information content (AvgIpc) is 2.74. The predicted molar refractivity (Wildman–Crippen MR) is 120 cm³/mol. The molecule has 1 aromatic heterocycles. The molecule has 0 atom stereocenters. The number of carbonyl (C=O) groups excluding carboxylic acids is 1. The predicted octanol–water partition coefficient (Wildman–Crippen LogP) is 3.18. The van der Waals surface area contributed by atoms with Crippen LogP contribution >= 0.6 is 0 Å². The molecule has 0 unspecified atom stereocenters. The summed E-state index contributed by atoms with van der Waals surface area (Å²) in [6, 6.07) is 19.4. The van der Waals surface area contributed by atoms with Crippen LogP contribution in [-0.4, -0.2) is 25.1 Å². The minimum absolute atomic E-state index is 0.0666. The van der Waals surface area contributed by atoms with Gasteiger partial charge in [-0.2, -0.15) is 13.5 Å². The van der Waals surface area contributed by atoms with Crippen molar-refractivity contribution in [2.75, 3.05) is 0 Å². The second kappa shape index (κ2) is 11.5. The summed E-state index contributed by atoms with van der Waals surface area (Å²) < 4.78 is 31.4. The van der Waals surface area contributed by atoms with E-state index in [9.17, 15) is 13.2 Å². The minimum atomic E-state index is -4.02. The van der Waals surface area contributed by atoms with E-state index in [1.807, 2.05) is 67.2 Å². The summed E-state index contributed by atoms with van der Waals surface area (Å²) in [5.41, 5.74) is 5.09. The van der Waals surface area contributed by atoms with Crippen molar-refractivity contribution in [3.05, 3.63) is 102 Å². The Morgan fingerprint density at radius 3 is 2.32 bits per heavy atom. The van der Waals surface area contributed by atoms with Gasteiger partial charge in [0.15, 0.2) is 12.4 Å². The summed E-state index contributed by atoms with van der Waals surface area (Å²) in [5, 5.41) is 3.87. The van der Waals surface area contributed by atoms with Gasteiger partial charge in [-0.3, -0.25) is 9.35 Å². The highest BCUT2D eigenvalue weighted by atomic mass is 32.2. The fraction of sp³-hybridized carbons (Fsp3) is 0.0870. The Morgan fingerprint density at radius 1 is 1.03 bits per heavy atom. The molecule has 0 aliphatic carbocycles. The molecule has 0 spiro atoms. The summed E-state index contributed by atoms with van der Waals surface area (Å²) in [7, 11) is -2.16. The van der Waals surface area contributed by atoms with Crippen molar-refractivity contribution in [3.63, 3.8) is 0 Å². The average molecular weight is 439 g/mol. The van der Waals surface area contributed by atoms with Gasteiger partial charge >= 0.3 is 0 Å². The van der Waals surface area contributed by atoms with Gasteiger partial charge in [0.25, 0.3) is 16.0 Å². The van der Waals surface area contributed by atoms with E-state index in [0.717, 1.165) is 11.1 Å². The standard InChI is InChI=1S/C16H15N3O.C7H8O3S/c1-19-12-6-10-15(13-19)16(20)18-17-11-5-9-14-7-3-2-4-8-14;1-6-2-4-7(5-3-6)11(8,9)10/h2-13H,1H3;2-5H,1H3,(H,8,9,10)/p+1/b9-5+,17-11+;. The van der Waals surface area contributed by atoms with Crippen LogP contribution in [0.1, 0.15) is 21.5 Å². The number of nitrogens with zero attached hydrogens (tertiary/aromatic N) is 2. The Labute approximate surface area is 182 Å². The molecule has 0 saturated heterocycles. The summed E-state index contributed by atoms with van der Waals surface area (Å²) in [4.78, 5) is 11.7. The molecular weight excluding hydrogens is 414 g/mol. The number of hydrogen-bond donors (Lipinski definition) is 2. The van der Waals surface area contributed by atoms with E-state index in [2.05, 4.69) is 10.5 Å². The molecule has 0 aliphatic heterocycles. The van der Waals surface area contributed by atoms with Crippen molar-refractivity contribution in [1.29, 1.82) is 0 Å². The molecule has 2 aromatic carbocycles. The fourth-order valence-corrected chi connectivity index (χ4v) is 2.83. The van der Waals surface area contributed by atoms with E-state index in [4.69, 9.17) is 4.55 Å². The number of amides is 1. The van der Waals surface area contributed by atoms with E-state index in [0.29, 0.717) is 5.56 Å². The lowest BCUT2D eigenvalue weighted by molar-refractivity contribution is -0.671. The molecule has 3 rings (SSSR count). The van der Waals surface area contributed by atoms with E-state index < -0.39 is 10.1 Å². The molecule has 1 amide bonds. The van der Waals surface area contributed by atoms with Crippen molar-refractivity contribution in [3.8, 4) is 0 Å². The molecule has 7 nitrogen and oxygen atoms in total. The zero-order chi connectivity index (χ0) is 22.7. The van der Waals surface area contributed by atoms with Crippen LogP contribution < -0.4 is 9.99 Å². The Balaban J connectivity index is 0.000000262. The SMILES string of the molecule is C[n+]1cccc(C(=O)N/N=C/C=C/c2ccccc2)c1.Cc1ccc(S(=O)(=O)O)cc1. The van der Waals surface area contributed by atoms with Gasteiger partial charge in [0.05, 0.1) is 4.90 Å². The van der Waals surface area contributed by atoms with Gasteiger partial charge in [-0.25, -0.2) is 9.99 Å². The zero-order valence-electron chi connectivity index (χ0n) is 17.2.